The number of fused-ring (bicyclic) bond motifs is 4. The predicted octanol–water partition coefficient (Wildman–Crippen LogP) is 9.16. The number of benzene rings is 1. The number of allylic oxidation sites excluding steroid dienone is 14. The van der Waals surface area contributed by atoms with Gasteiger partial charge in [0.05, 0.1) is 0 Å². The van der Waals surface area contributed by atoms with Crippen molar-refractivity contribution in [3.05, 3.63) is 130 Å². The first kappa shape index (κ1) is 30.5. The molecule has 6 aliphatic carbocycles. The third kappa shape index (κ3) is 5.59. The van der Waals surface area contributed by atoms with Crippen LogP contribution >= 0.6 is 11.8 Å². The average Bonchev–Trinajstić information content (AvgIpc) is 3.50. The van der Waals surface area contributed by atoms with Crippen LogP contribution in [0, 0.1) is 35.0 Å². The molecule has 2 heterocycles. The quantitative estimate of drug-likeness (QED) is 0.321. The molecular formula is C44H53N2S+. The molecule has 47 heavy (non-hydrogen) atoms. The van der Waals surface area contributed by atoms with Gasteiger partial charge in [0, 0.05) is 35.1 Å². The Hall–Kier alpha value is -2.59. The maximum Gasteiger partial charge on any atom is 0.147 e. The molecule has 1 fully saturated rings. The molecular weight excluding hydrogens is 589 g/mol. The molecule has 244 valence electrons. The van der Waals surface area contributed by atoms with E-state index in [2.05, 4.69) is 133 Å². The Morgan fingerprint density at radius 2 is 1.68 bits per heavy atom. The van der Waals surface area contributed by atoms with Gasteiger partial charge in [0.1, 0.15) is 12.2 Å². The minimum Gasteiger partial charge on any atom is -0.325 e. The Bertz CT molecular complexity index is 1650. The topological polar surface area (TPSA) is 28.6 Å². The predicted molar refractivity (Wildman–Crippen MR) is 198 cm³/mol. The molecule has 0 aromatic heterocycles. The third-order valence-corrected chi connectivity index (χ3v) is 15.1. The average molecular weight is 642 g/mol. The lowest BCUT2D eigenvalue weighted by Crippen LogP contribution is -2.98. The maximum atomic E-state index is 4.24. The highest BCUT2D eigenvalue weighted by Crippen LogP contribution is 2.59. The first-order chi connectivity index (χ1) is 23.0. The van der Waals surface area contributed by atoms with E-state index >= 15 is 0 Å². The number of quaternary nitrogens is 1. The zero-order valence-electron chi connectivity index (χ0n) is 28.4. The summed E-state index contributed by atoms with van der Waals surface area (Å²) >= 11 is 2.26. The molecule has 1 aromatic rings. The molecule has 8 aliphatic rings. The van der Waals surface area contributed by atoms with Gasteiger partial charge in [-0.1, -0.05) is 116 Å². The Kier molecular flexibility index (Phi) is 8.03. The van der Waals surface area contributed by atoms with Crippen LogP contribution in [0.3, 0.4) is 0 Å². The number of hydrogen-bond donors (Lipinski definition) is 2. The molecule has 1 saturated heterocycles. The summed E-state index contributed by atoms with van der Waals surface area (Å²) in [6, 6.07) is 8.54. The summed E-state index contributed by atoms with van der Waals surface area (Å²) < 4.78 is 0. The molecule has 3 heteroatoms. The lowest BCUT2D eigenvalue weighted by atomic mass is 9.63. The first-order valence-corrected chi connectivity index (χ1v) is 19.7. The molecule has 9 rings (SSSR count). The van der Waals surface area contributed by atoms with Gasteiger partial charge in [-0.25, -0.2) is 0 Å². The van der Waals surface area contributed by atoms with Crippen LogP contribution in [0.4, 0.5) is 0 Å². The van der Waals surface area contributed by atoms with E-state index in [1.807, 2.05) is 5.57 Å². The van der Waals surface area contributed by atoms with E-state index in [4.69, 9.17) is 0 Å². The van der Waals surface area contributed by atoms with Crippen molar-refractivity contribution in [2.45, 2.75) is 101 Å². The summed E-state index contributed by atoms with van der Waals surface area (Å²) in [5, 5.41) is 7.72. The third-order valence-electron chi connectivity index (χ3n) is 13.5. The standard InChI is InChI=1S/C44H52N2S/c1-44(2)37-17-8-9-18-41(37)47-42-22-20-30(26-38(42)44)29-14-10-15-32(23-29)39-27-40(46-43(45-39)28-11-4-3-5-12-28)33-19-21-36-34(25-33)24-31-13-6-7-16-35(31)36/h3-11,13-16,19,21,25,28,30-32,35,37,39-41,43,45-46H,12,17-18,20,22-24,26-27H2,1-2H3/p+1. The first-order valence-electron chi connectivity index (χ1n) is 18.8. The zero-order valence-corrected chi connectivity index (χ0v) is 29.2. The number of rotatable bonds is 4. The second kappa shape index (κ2) is 12.4. The van der Waals surface area contributed by atoms with Gasteiger partial charge in [0.2, 0.25) is 0 Å². The molecule has 0 bridgehead atoms. The van der Waals surface area contributed by atoms with E-state index in [1.165, 1.54) is 56.9 Å². The van der Waals surface area contributed by atoms with Crippen molar-refractivity contribution >= 4 is 11.8 Å². The fourth-order valence-corrected chi connectivity index (χ4v) is 12.7. The molecule has 3 N–H and O–H groups in total. The monoisotopic (exact) mass is 641 g/mol. The number of nitrogens with two attached hydrogens (primary N) is 1. The van der Waals surface area contributed by atoms with Crippen LogP contribution in [0.15, 0.2) is 113 Å². The van der Waals surface area contributed by atoms with Gasteiger partial charge in [-0.05, 0) is 103 Å². The highest BCUT2D eigenvalue weighted by atomic mass is 32.2. The van der Waals surface area contributed by atoms with Crippen molar-refractivity contribution in [1.82, 2.24) is 5.32 Å². The van der Waals surface area contributed by atoms with Crippen molar-refractivity contribution in [2.75, 3.05) is 0 Å². The van der Waals surface area contributed by atoms with Crippen LogP contribution in [-0.2, 0) is 6.42 Å². The fourth-order valence-electron chi connectivity index (χ4n) is 10.8. The lowest BCUT2D eigenvalue weighted by Gasteiger charge is -2.50. The molecule has 10 atom stereocenters. The van der Waals surface area contributed by atoms with E-state index in [0.29, 0.717) is 53.3 Å². The van der Waals surface area contributed by atoms with Gasteiger partial charge in [-0.2, -0.15) is 0 Å². The second-order valence-corrected chi connectivity index (χ2v) is 17.8. The zero-order chi connectivity index (χ0) is 31.5. The van der Waals surface area contributed by atoms with E-state index in [0.717, 1.165) is 17.6 Å². The van der Waals surface area contributed by atoms with Crippen LogP contribution in [0.25, 0.3) is 0 Å². The number of nitrogens with one attached hydrogen (secondary N) is 1. The molecule has 1 aromatic carbocycles. The molecule has 2 nitrogen and oxygen atoms in total. The minimum absolute atomic E-state index is 0.322. The van der Waals surface area contributed by atoms with Gasteiger partial charge >= 0.3 is 0 Å². The van der Waals surface area contributed by atoms with Gasteiger partial charge in [0.15, 0.2) is 0 Å². The van der Waals surface area contributed by atoms with Crippen molar-refractivity contribution < 1.29 is 5.32 Å². The van der Waals surface area contributed by atoms with Crippen LogP contribution in [0.1, 0.15) is 93.9 Å². The summed E-state index contributed by atoms with van der Waals surface area (Å²) in [7, 11) is 0. The minimum atomic E-state index is 0.322. The van der Waals surface area contributed by atoms with Crippen molar-refractivity contribution in [3.8, 4) is 0 Å². The fraction of sp³-hybridized carbons (Fsp3) is 0.500. The number of thioether (sulfide) groups is 1. The molecule has 2 aliphatic heterocycles. The summed E-state index contributed by atoms with van der Waals surface area (Å²) in [5.74, 6) is 3.80. The highest BCUT2D eigenvalue weighted by molar-refractivity contribution is 8.03. The van der Waals surface area contributed by atoms with Crippen molar-refractivity contribution in [3.63, 3.8) is 0 Å². The van der Waals surface area contributed by atoms with Gasteiger partial charge in [-0.3, -0.25) is 5.32 Å². The van der Waals surface area contributed by atoms with E-state index < -0.39 is 0 Å². The van der Waals surface area contributed by atoms with Crippen LogP contribution < -0.4 is 10.6 Å². The Balaban J connectivity index is 0.942. The molecule has 0 spiro atoms. The van der Waals surface area contributed by atoms with E-state index in [-0.39, 0.29) is 0 Å². The summed E-state index contributed by atoms with van der Waals surface area (Å²) in [6.45, 7) is 5.16. The lowest BCUT2D eigenvalue weighted by molar-refractivity contribution is -0.747. The molecule has 0 amide bonds. The summed E-state index contributed by atoms with van der Waals surface area (Å²) in [5.41, 5.74) is 8.55. The Morgan fingerprint density at radius 3 is 2.60 bits per heavy atom. The van der Waals surface area contributed by atoms with Crippen LogP contribution in [0.2, 0.25) is 0 Å². The van der Waals surface area contributed by atoms with E-state index in [1.54, 1.807) is 21.6 Å². The SMILES string of the molecule is CC1(C)C2=C(CCC(C3=CC=CC(C4CC(c5ccc6c(c5)CC5C=CC=CC65)[NH2+]C(C5C=CC=CC5)N4)C3)C2)SC2CC=CCC21. The maximum absolute atomic E-state index is 4.24. The number of hydrogen-bond acceptors (Lipinski definition) is 2. The van der Waals surface area contributed by atoms with Gasteiger partial charge in [-0.15, -0.1) is 11.8 Å². The van der Waals surface area contributed by atoms with Crippen LogP contribution in [-0.4, -0.2) is 17.5 Å². The molecule has 10 unspecified atom stereocenters. The molecule has 0 saturated carbocycles. The van der Waals surface area contributed by atoms with Crippen LogP contribution in [0.5, 0.6) is 0 Å². The van der Waals surface area contributed by atoms with Crippen molar-refractivity contribution in [1.29, 1.82) is 0 Å². The van der Waals surface area contributed by atoms with E-state index in [9.17, 15) is 0 Å². The summed E-state index contributed by atoms with van der Waals surface area (Å²) in [6.07, 6.45) is 42.6. The van der Waals surface area contributed by atoms with Gasteiger partial charge in [0.25, 0.3) is 0 Å². The summed E-state index contributed by atoms with van der Waals surface area (Å²) in [4.78, 5) is 1.76. The largest absolute Gasteiger partial charge is 0.325 e. The highest BCUT2D eigenvalue weighted by Gasteiger charge is 2.46. The Morgan fingerprint density at radius 1 is 0.830 bits per heavy atom. The Labute approximate surface area is 287 Å². The van der Waals surface area contributed by atoms with Gasteiger partial charge < -0.3 is 5.32 Å². The normalized spacial score (nSPS) is 39.7. The van der Waals surface area contributed by atoms with Crippen molar-refractivity contribution in [2.24, 2.45) is 35.0 Å². The molecule has 0 radical (unpaired) electrons. The second-order valence-electron chi connectivity index (χ2n) is 16.4. The smallest absolute Gasteiger partial charge is 0.147 e.